The number of amides is 1. The lowest BCUT2D eigenvalue weighted by molar-refractivity contribution is 0.0995. The van der Waals surface area contributed by atoms with Crippen LogP contribution in [-0.2, 0) is 11.3 Å². The van der Waals surface area contributed by atoms with Crippen LogP contribution in [0.4, 0.5) is 0 Å². The molecule has 0 spiro atoms. The van der Waals surface area contributed by atoms with E-state index in [1.165, 1.54) is 11.3 Å². The number of fused-ring (bicyclic) bond motifs is 2. The molecule has 0 aliphatic carbocycles. The molecule has 0 bridgehead atoms. The van der Waals surface area contributed by atoms with E-state index in [1.807, 2.05) is 13.0 Å². The first-order valence-corrected chi connectivity index (χ1v) is 10.1. The minimum absolute atomic E-state index is 0.300. The molecule has 2 aromatic carbocycles. The van der Waals surface area contributed by atoms with Gasteiger partial charge in [0.2, 0.25) is 0 Å². The van der Waals surface area contributed by atoms with E-state index in [0.29, 0.717) is 54.8 Å². The monoisotopic (exact) mass is 398 g/mol. The second-order valence-electron chi connectivity index (χ2n) is 6.43. The van der Waals surface area contributed by atoms with Crippen molar-refractivity contribution in [3.63, 3.8) is 0 Å². The number of carbonyl (C=O) groups is 1. The molecule has 0 atom stereocenters. The van der Waals surface area contributed by atoms with Gasteiger partial charge in [-0.15, -0.1) is 0 Å². The Labute approximate surface area is 167 Å². The third kappa shape index (κ3) is 3.68. The summed E-state index contributed by atoms with van der Waals surface area (Å²) in [5.74, 6) is 0.946. The van der Waals surface area contributed by atoms with Gasteiger partial charge in [0.1, 0.15) is 13.2 Å². The minimum atomic E-state index is -0.300. The number of carbonyl (C=O) groups excluding carboxylic acids is 1. The van der Waals surface area contributed by atoms with Crippen LogP contribution in [0.15, 0.2) is 41.4 Å². The Kier molecular flexibility index (Phi) is 5.45. The molecule has 7 heteroatoms. The van der Waals surface area contributed by atoms with Crippen LogP contribution in [0.2, 0.25) is 0 Å². The summed E-state index contributed by atoms with van der Waals surface area (Å²) >= 11 is 1.51. The maximum atomic E-state index is 12.8. The maximum Gasteiger partial charge on any atom is 0.279 e. The van der Waals surface area contributed by atoms with Crippen molar-refractivity contribution in [1.82, 2.24) is 4.57 Å². The van der Waals surface area contributed by atoms with E-state index in [9.17, 15) is 4.79 Å². The van der Waals surface area contributed by atoms with Crippen LogP contribution in [0.1, 0.15) is 22.8 Å². The normalized spacial score (nSPS) is 13.9. The van der Waals surface area contributed by atoms with E-state index in [2.05, 4.69) is 28.6 Å². The average Bonchev–Trinajstić information content (AvgIpc) is 3.06. The fourth-order valence-corrected chi connectivity index (χ4v) is 4.36. The Morgan fingerprint density at radius 3 is 2.86 bits per heavy atom. The number of thiazole rings is 1. The minimum Gasteiger partial charge on any atom is -0.486 e. The molecule has 28 heavy (non-hydrogen) atoms. The van der Waals surface area contributed by atoms with Crippen molar-refractivity contribution in [3.8, 4) is 11.5 Å². The second-order valence-corrected chi connectivity index (χ2v) is 7.44. The summed E-state index contributed by atoms with van der Waals surface area (Å²) in [7, 11) is 0. The molecule has 1 aliphatic rings. The largest absolute Gasteiger partial charge is 0.486 e. The molecule has 0 N–H and O–H groups in total. The van der Waals surface area contributed by atoms with Crippen molar-refractivity contribution in [2.45, 2.75) is 20.4 Å². The van der Waals surface area contributed by atoms with Gasteiger partial charge in [-0.1, -0.05) is 23.5 Å². The molecule has 0 fully saturated rings. The predicted octanol–water partition coefficient (Wildman–Crippen LogP) is 3.56. The number of hydrogen-bond donors (Lipinski definition) is 0. The number of nitrogens with zero attached hydrogens (tertiary/aromatic N) is 2. The maximum absolute atomic E-state index is 12.8. The Bertz CT molecular complexity index is 1080. The van der Waals surface area contributed by atoms with Crippen LogP contribution in [0, 0.1) is 6.92 Å². The highest BCUT2D eigenvalue weighted by molar-refractivity contribution is 7.16. The van der Waals surface area contributed by atoms with Crippen LogP contribution in [0.25, 0.3) is 10.2 Å². The van der Waals surface area contributed by atoms with Crippen LogP contribution >= 0.6 is 11.3 Å². The summed E-state index contributed by atoms with van der Waals surface area (Å²) in [6.07, 6.45) is 0. The fourth-order valence-electron chi connectivity index (χ4n) is 3.23. The topological polar surface area (TPSA) is 62.1 Å². The van der Waals surface area contributed by atoms with Crippen LogP contribution in [-0.4, -0.2) is 36.9 Å². The summed E-state index contributed by atoms with van der Waals surface area (Å²) in [4.78, 5) is 17.9. The van der Waals surface area contributed by atoms with Gasteiger partial charge in [0.05, 0.1) is 16.8 Å². The lowest BCUT2D eigenvalue weighted by Gasteiger charge is -2.18. The third-order valence-corrected chi connectivity index (χ3v) is 5.60. The van der Waals surface area contributed by atoms with E-state index in [4.69, 9.17) is 14.2 Å². The standard InChI is InChI=1S/C21H22N2O4S/c1-3-25-10-9-23-19-14(2)5-4-6-18(19)28-21(23)22-20(24)15-7-8-16-17(13-15)27-12-11-26-16/h4-8,13H,3,9-12H2,1-2H3. The smallest absolute Gasteiger partial charge is 0.279 e. The second kappa shape index (κ2) is 8.16. The van der Waals surface area contributed by atoms with Crippen molar-refractivity contribution < 1.29 is 19.0 Å². The number of benzene rings is 2. The number of para-hydroxylation sites is 1. The van der Waals surface area contributed by atoms with Crippen molar-refractivity contribution in [1.29, 1.82) is 0 Å². The molecule has 0 radical (unpaired) electrons. The van der Waals surface area contributed by atoms with Crippen molar-refractivity contribution >= 4 is 27.5 Å². The number of ether oxygens (including phenoxy) is 3. The Morgan fingerprint density at radius 2 is 2.04 bits per heavy atom. The number of hydrogen-bond acceptors (Lipinski definition) is 5. The highest BCUT2D eigenvalue weighted by Gasteiger charge is 2.16. The van der Waals surface area contributed by atoms with E-state index in [-0.39, 0.29) is 5.91 Å². The van der Waals surface area contributed by atoms with Gasteiger partial charge in [-0.2, -0.15) is 4.99 Å². The molecule has 3 aromatic rings. The molecule has 0 saturated heterocycles. The molecule has 4 rings (SSSR count). The zero-order valence-corrected chi connectivity index (χ0v) is 16.8. The molecule has 1 aromatic heterocycles. The molecule has 6 nitrogen and oxygen atoms in total. The zero-order chi connectivity index (χ0) is 19.5. The van der Waals surface area contributed by atoms with Gasteiger partial charge in [0, 0.05) is 18.7 Å². The molecule has 0 saturated carbocycles. The number of aryl methyl sites for hydroxylation is 1. The molecule has 1 amide bonds. The van der Waals surface area contributed by atoms with E-state index >= 15 is 0 Å². The molecular formula is C21H22N2O4S. The highest BCUT2D eigenvalue weighted by atomic mass is 32.1. The summed E-state index contributed by atoms with van der Waals surface area (Å²) in [6.45, 7) is 6.91. The predicted molar refractivity (Wildman–Crippen MR) is 108 cm³/mol. The van der Waals surface area contributed by atoms with Gasteiger partial charge in [-0.05, 0) is 43.7 Å². The van der Waals surface area contributed by atoms with Gasteiger partial charge < -0.3 is 18.8 Å². The van der Waals surface area contributed by atoms with Crippen molar-refractivity contribution in [3.05, 3.63) is 52.3 Å². The van der Waals surface area contributed by atoms with Crippen LogP contribution in [0.3, 0.4) is 0 Å². The van der Waals surface area contributed by atoms with E-state index in [0.717, 1.165) is 15.8 Å². The zero-order valence-electron chi connectivity index (χ0n) is 15.9. The van der Waals surface area contributed by atoms with Gasteiger partial charge in [-0.3, -0.25) is 4.79 Å². The van der Waals surface area contributed by atoms with Crippen LogP contribution in [0.5, 0.6) is 11.5 Å². The Balaban J connectivity index is 1.74. The lowest BCUT2D eigenvalue weighted by Crippen LogP contribution is -2.20. The molecular weight excluding hydrogens is 376 g/mol. The molecule has 0 unspecified atom stereocenters. The average molecular weight is 398 g/mol. The first kappa shape index (κ1) is 18.7. The summed E-state index contributed by atoms with van der Waals surface area (Å²) in [5.41, 5.74) is 2.73. The first-order valence-electron chi connectivity index (χ1n) is 9.33. The van der Waals surface area contributed by atoms with E-state index in [1.54, 1.807) is 18.2 Å². The van der Waals surface area contributed by atoms with Crippen molar-refractivity contribution in [2.75, 3.05) is 26.4 Å². The first-order chi connectivity index (χ1) is 13.7. The Hall–Kier alpha value is -2.64. The van der Waals surface area contributed by atoms with Gasteiger partial charge in [-0.25, -0.2) is 0 Å². The number of aromatic nitrogens is 1. The summed E-state index contributed by atoms with van der Waals surface area (Å²) < 4.78 is 19.8. The number of rotatable bonds is 5. The van der Waals surface area contributed by atoms with Gasteiger partial charge in [0.15, 0.2) is 16.3 Å². The van der Waals surface area contributed by atoms with Crippen LogP contribution < -0.4 is 14.3 Å². The molecule has 146 valence electrons. The van der Waals surface area contributed by atoms with E-state index < -0.39 is 0 Å². The summed E-state index contributed by atoms with van der Waals surface area (Å²) in [5, 5.41) is 0. The van der Waals surface area contributed by atoms with Crippen molar-refractivity contribution in [2.24, 2.45) is 4.99 Å². The summed E-state index contributed by atoms with van der Waals surface area (Å²) in [6, 6.07) is 11.3. The lowest BCUT2D eigenvalue weighted by atomic mass is 10.2. The van der Waals surface area contributed by atoms with Gasteiger partial charge in [0.25, 0.3) is 5.91 Å². The third-order valence-electron chi connectivity index (χ3n) is 4.55. The quantitative estimate of drug-likeness (QED) is 0.617. The van der Waals surface area contributed by atoms with Gasteiger partial charge >= 0.3 is 0 Å². The molecule has 1 aliphatic heterocycles. The SMILES string of the molecule is CCOCCn1c(=NC(=O)c2ccc3c(c2)OCCO3)sc2cccc(C)c21. The molecule has 2 heterocycles. The Morgan fingerprint density at radius 1 is 1.21 bits per heavy atom. The fraction of sp³-hybridized carbons (Fsp3) is 0.333. The highest BCUT2D eigenvalue weighted by Crippen LogP contribution is 2.31.